The first-order valence-electron chi connectivity index (χ1n) is 11.2. The van der Waals surface area contributed by atoms with Crippen LogP contribution in [0.25, 0.3) is 0 Å². The molecule has 1 amide bonds. The van der Waals surface area contributed by atoms with Crippen LogP contribution in [0.15, 0.2) is 47.4 Å². The van der Waals surface area contributed by atoms with Crippen molar-refractivity contribution in [2.24, 2.45) is 5.92 Å². The molecule has 8 heteroatoms. The number of rotatable bonds is 6. The van der Waals surface area contributed by atoms with Crippen molar-refractivity contribution >= 4 is 15.9 Å². The lowest BCUT2D eigenvalue weighted by molar-refractivity contribution is -0.126. The van der Waals surface area contributed by atoms with Crippen molar-refractivity contribution in [1.29, 1.82) is 0 Å². The summed E-state index contributed by atoms with van der Waals surface area (Å²) in [4.78, 5) is 12.8. The van der Waals surface area contributed by atoms with Crippen molar-refractivity contribution in [3.63, 3.8) is 0 Å². The normalized spacial score (nSPS) is 17.5. The molecule has 0 aromatic heterocycles. The molecule has 0 bridgehead atoms. The SMILES string of the molecule is Cc1ccccc1CCNC(=O)C1CCN(S(=O)(=O)c2ccc3c(c2)OCCCO3)CC1. The number of fused-ring (bicyclic) bond motifs is 1. The molecular formula is C24H30N2O5S. The Bertz CT molecular complexity index is 1060. The summed E-state index contributed by atoms with van der Waals surface area (Å²) in [7, 11) is -3.65. The van der Waals surface area contributed by atoms with E-state index in [9.17, 15) is 13.2 Å². The van der Waals surface area contributed by atoms with Crippen LogP contribution in [-0.4, -0.2) is 51.5 Å². The largest absolute Gasteiger partial charge is 0.490 e. The number of amides is 1. The van der Waals surface area contributed by atoms with Crippen LogP contribution in [0.1, 0.15) is 30.4 Å². The first kappa shape index (κ1) is 22.6. The second-order valence-corrected chi connectivity index (χ2v) is 10.2. The van der Waals surface area contributed by atoms with Crippen molar-refractivity contribution in [1.82, 2.24) is 9.62 Å². The van der Waals surface area contributed by atoms with E-state index in [4.69, 9.17) is 9.47 Å². The molecule has 2 aliphatic heterocycles. The number of carbonyl (C=O) groups excluding carboxylic acids is 1. The Kier molecular flexibility index (Phi) is 7.01. The minimum atomic E-state index is -3.65. The van der Waals surface area contributed by atoms with E-state index < -0.39 is 10.0 Å². The molecule has 1 saturated heterocycles. The summed E-state index contributed by atoms with van der Waals surface area (Å²) in [5.41, 5.74) is 2.44. The van der Waals surface area contributed by atoms with Crippen LogP contribution in [0.2, 0.25) is 0 Å². The second kappa shape index (κ2) is 9.92. The molecule has 172 valence electrons. The molecule has 0 atom stereocenters. The predicted molar refractivity (Wildman–Crippen MR) is 121 cm³/mol. The number of aryl methyl sites for hydroxylation is 1. The van der Waals surface area contributed by atoms with E-state index in [1.54, 1.807) is 18.2 Å². The Hall–Kier alpha value is -2.58. The maximum atomic E-state index is 13.1. The molecule has 2 aromatic carbocycles. The molecule has 2 aromatic rings. The maximum Gasteiger partial charge on any atom is 0.243 e. The quantitative estimate of drug-likeness (QED) is 0.720. The number of carbonyl (C=O) groups is 1. The molecule has 2 heterocycles. The molecule has 0 unspecified atom stereocenters. The van der Waals surface area contributed by atoms with Gasteiger partial charge in [0.25, 0.3) is 0 Å². The lowest BCUT2D eigenvalue weighted by atomic mass is 9.97. The Morgan fingerprint density at radius 2 is 1.78 bits per heavy atom. The molecule has 0 spiro atoms. The summed E-state index contributed by atoms with van der Waals surface area (Å²) in [5.74, 6) is 0.877. The van der Waals surface area contributed by atoms with E-state index in [1.807, 2.05) is 12.1 Å². The van der Waals surface area contributed by atoms with E-state index in [1.165, 1.54) is 15.4 Å². The summed E-state index contributed by atoms with van der Waals surface area (Å²) in [6.07, 6.45) is 2.58. The van der Waals surface area contributed by atoms with Crippen LogP contribution in [0.4, 0.5) is 0 Å². The fourth-order valence-corrected chi connectivity index (χ4v) is 5.65. The van der Waals surface area contributed by atoms with Gasteiger partial charge in [-0.2, -0.15) is 4.31 Å². The first-order chi connectivity index (χ1) is 15.4. The number of hydrogen-bond acceptors (Lipinski definition) is 5. The fourth-order valence-electron chi connectivity index (χ4n) is 4.17. The smallest absolute Gasteiger partial charge is 0.243 e. The standard InChI is InChI=1S/C24H30N2O5S/c1-18-5-2-3-6-19(18)9-12-25-24(27)20-10-13-26(14-11-20)32(28,29)21-7-8-22-23(17-21)31-16-4-15-30-22/h2-3,5-8,17,20H,4,9-16H2,1H3,(H,25,27). The molecule has 0 aliphatic carbocycles. The van der Waals surface area contributed by atoms with Crippen LogP contribution in [0, 0.1) is 12.8 Å². The number of ether oxygens (including phenoxy) is 2. The highest BCUT2D eigenvalue weighted by atomic mass is 32.2. The van der Waals surface area contributed by atoms with Gasteiger partial charge in [-0.1, -0.05) is 24.3 Å². The Balaban J connectivity index is 1.31. The van der Waals surface area contributed by atoms with Crippen molar-refractivity contribution in [3.05, 3.63) is 53.6 Å². The van der Waals surface area contributed by atoms with Gasteiger partial charge in [0, 0.05) is 38.0 Å². The van der Waals surface area contributed by atoms with Gasteiger partial charge in [-0.3, -0.25) is 4.79 Å². The van der Waals surface area contributed by atoms with Crippen LogP contribution in [0.3, 0.4) is 0 Å². The van der Waals surface area contributed by atoms with Crippen LogP contribution < -0.4 is 14.8 Å². The summed E-state index contributed by atoms with van der Waals surface area (Å²) in [6, 6.07) is 12.9. The fraction of sp³-hybridized carbons (Fsp3) is 0.458. The third-order valence-corrected chi connectivity index (χ3v) is 8.03. The monoisotopic (exact) mass is 458 g/mol. The number of nitrogens with zero attached hydrogens (tertiary/aromatic N) is 1. The average molecular weight is 459 g/mol. The van der Waals surface area contributed by atoms with Crippen molar-refractivity contribution in [2.45, 2.75) is 37.5 Å². The van der Waals surface area contributed by atoms with E-state index in [2.05, 4.69) is 24.4 Å². The molecule has 7 nitrogen and oxygen atoms in total. The Morgan fingerprint density at radius 3 is 2.53 bits per heavy atom. The van der Waals surface area contributed by atoms with E-state index in [0.29, 0.717) is 57.2 Å². The maximum absolute atomic E-state index is 13.1. The van der Waals surface area contributed by atoms with Crippen molar-refractivity contribution in [3.8, 4) is 11.5 Å². The molecule has 2 aliphatic rings. The minimum absolute atomic E-state index is 0.00575. The van der Waals surface area contributed by atoms with Crippen LogP contribution >= 0.6 is 0 Å². The predicted octanol–water partition coefficient (Wildman–Crippen LogP) is 2.92. The highest BCUT2D eigenvalue weighted by molar-refractivity contribution is 7.89. The molecule has 1 N–H and O–H groups in total. The van der Waals surface area contributed by atoms with Gasteiger partial charge < -0.3 is 14.8 Å². The topological polar surface area (TPSA) is 84.9 Å². The molecule has 1 fully saturated rings. The summed E-state index contributed by atoms with van der Waals surface area (Å²) in [5, 5.41) is 3.02. The zero-order valence-corrected chi connectivity index (χ0v) is 19.2. The minimum Gasteiger partial charge on any atom is -0.490 e. The van der Waals surface area contributed by atoms with E-state index in [0.717, 1.165) is 12.8 Å². The van der Waals surface area contributed by atoms with Gasteiger partial charge >= 0.3 is 0 Å². The van der Waals surface area contributed by atoms with Crippen LogP contribution in [-0.2, 0) is 21.2 Å². The van der Waals surface area contributed by atoms with E-state index >= 15 is 0 Å². The van der Waals surface area contributed by atoms with E-state index in [-0.39, 0.29) is 16.7 Å². The number of benzene rings is 2. The van der Waals surface area contributed by atoms with Gasteiger partial charge in [-0.25, -0.2) is 8.42 Å². The van der Waals surface area contributed by atoms with Gasteiger partial charge in [-0.15, -0.1) is 0 Å². The summed E-state index contributed by atoms with van der Waals surface area (Å²) >= 11 is 0. The van der Waals surface area contributed by atoms with Gasteiger partial charge in [0.1, 0.15) is 0 Å². The molecule has 4 rings (SSSR count). The first-order valence-corrected chi connectivity index (χ1v) is 12.6. The van der Waals surface area contributed by atoms with Gasteiger partial charge in [-0.05, 0) is 49.4 Å². The molecule has 0 saturated carbocycles. The average Bonchev–Trinajstić information content (AvgIpc) is 3.05. The number of hydrogen-bond donors (Lipinski definition) is 1. The number of nitrogens with one attached hydrogen (secondary N) is 1. The zero-order chi connectivity index (χ0) is 22.6. The Labute approximate surface area is 189 Å². The summed E-state index contributed by atoms with van der Waals surface area (Å²) < 4.78 is 38.9. The highest BCUT2D eigenvalue weighted by Crippen LogP contribution is 2.33. The van der Waals surface area contributed by atoms with Gasteiger partial charge in [0.05, 0.1) is 18.1 Å². The van der Waals surface area contributed by atoms with Crippen molar-refractivity contribution < 1.29 is 22.7 Å². The second-order valence-electron chi connectivity index (χ2n) is 8.30. The third-order valence-electron chi connectivity index (χ3n) is 6.14. The molecular weight excluding hydrogens is 428 g/mol. The lowest BCUT2D eigenvalue weighted by Crippen LogP contribution is -2.43. The Morgan fingerprint density at radius 1 is 1.06 bits per heavy atom. The van der Waals surface area contributed by atoms with Gasteiger partial charge in [0.15, 0.2) is 11.5 Å². The number of piperidine rings is 1. The van der Waals surface area contributed by atoms with Crippen LogP contribution in [0.5, 0.6) is 11.5 Å². The van der Waals surface area contributed by atoms with Crippen molar-refractivity contribution in [2.75, 3.05) is 32.8 Å². The summed E-state index contributed by atoms with van der Waals surface area (Å²) in [6.45, 7) is 4.36. The zero-order valence-electron chi connectivity index (χ0n) is 18.4. The lowest BCUT2D eigenvalue weighted by Gasteiger charge is -2.30. The third kappa shape index (κ3) is 5.07. The number of sulfonamides is 1. The van der Waals surface area contributed by atoms with Gasteiger partial charge in [0.2, 0.25) is 15.9 Å². The molecule has 0 radical (unpaired) electrons. The molecule has 32 heavy (non-hydrogen) atoms. The highest BCUT2D eigenvalue weighted by Gasteiger charge is 2.32.